The Bertz CT molecular complexity index is 622. The fourth-order valence-electron chi connectivity index (χ4n) is 4.36. The third-order valence-electron chi connectivity index (χ3n) is 6.03. The van der Waals surface area contributed by atoms with E-state index in [-0.39, 0.29) is 6.10 Å². The molecule has 7 heteroatoms. The van der Waals surface area contributed by atoms with Crippen LogP contribution in [-0.2, 0) is 20.6 Å². The zero-order chi connectivity index (χ0) is 19.2. The van der Waals surface area contributed by atoms with Crippen molar-refractivity contribution in [2.45, 2.75) is 50.9 Å². The summed E-state index contributed by atoms with van der Waals surface area (Å²) in [5.74, 6) is 1.84. The SMILES string of the molecule is CC1(C2CCCN(C(=NCC3CCCO3)NCCc3ccco3)C2)OCCO1. The second-order valence-electron chi connectivity index (χ2n) is 8.05. The van der Waals surface area contributed by atoms with Gasteiger partial charge in [0.2, 0.25) is 0 Å². The number of piperidine rings is 1. The molecule has 2 atom stereocenters. The summed E-state index contributed by atoms with van der Waals surface area (Å²) < 4.78 is 23.1. The predicted molar refractivity (Wildman–Crippen MR) is 106 cm³/mol. The van der Waals surface area contributed by atoms with Crippen molar-refractivity contribution in [2.24, 2.45) is 10.9 Å². The topological polar surface area (TPSA) is 68.5 Å². The maximum atomic E-state index is 5.94. The van der Waals surface area contributed by atoms with Crippen LogP contribution in [0.4, 0.5) is 0 Å². The van der Waals surface area contributed by atoms with Crippen molar-refractivity contribution < 1.29 is 18.6 Å². The number of ether oxygens (including phenoxy) is 3. The number of hydrogen-bond donors (Lipinski definition) is 1. The summed E-state index contributed by atoms with van der Waals surface area (Å²) >= 11 is 0. The van der Waals surface area contributed by atoms with Crippen molar-refractivity contribution >= 4 is 5.96 Å². The van der Waals surface area contributed by atoms with Gasteiger partial charge < -0.3 is 28.8 Å². The van der Waals surface area contributed by atoms with Crippen LogP contribution in [0.5, 0.6) is 0 Å². The van der Waals surface area contributed by atoms with Crippen LogP contribution < -0.4 is 5.32 Å². The molecular formula is C21H33N3O4. The molecule has 0 radical (unpaired) electrons. The number of nitrogens with one attached hydrogen (secondary N) is 1. The highest BCUT2D eigenvalue weighted by Crippen LogP contribution is 2.34. The molecule has 3 saturated heterocycles. The van der Waals surface area contributed by atoms with Gasteiger partial charge in [-0.25, -0.2) is 0 Å². The van der Waals surface area contributed by atoms with E-state index in [9.17, 15) is 0 Å². The van der Waals surface area contributed by atoms with Crippen molar-refractivity contribution in [3.63, 3.8) is 0 Å². The lowest BCUT2D eigenvalue weighted by Crippen LogP contribution is -2.52. The summed E-state index contributed by atoms with van der Waals surface area (Å²) in [7, 11) is 0. The number of furan rings is 1. The zero-order valence-electron chi connectivity index (χ0n) is 16.9. The highest BCUT2D eigenvalue weighted by Gasteiger charge is 2.42. The number of guanidine groups is 1. The highest BCUT2D eigenvalue weighted by atomic mass is 16.7. The van der Waals surface area contributed by atoms with Gasteiger partial charge in [-0.05, 0) is 44.7 Å². The summed E-state index contributed by atoms with van der Waals surface area (Å²) in [6.45, 7) is 7.74. The van der Waals surface area contributed by atoms with Crippen LogP contribution >= 0.6 is 0 Å². The Labute approximate surface area is 167 Å². The number of likely N-dealkylation sites (tertiary alicyclic amines) is 1. The van der Waals surface area contributed by atoms with Crippen LogP contribution in [0.2, 0.25) is 0 Å². The van der Waals surface area contributed by atoms with Gasteiger partial charge in [0.25, 0.3) is 0 Å². The van der Waals surface area contributed by atoms with Crippen molar-refractivity contribution in [3.8, 4) is 0 Å². The number of aliphatic imine (C=N–C) groups is 1. The van der Waals surface area contributed by atoms with E-state index in [1.165, 1.54) is 0 Å². The number of hydrogen-bond acceptors (Lipinski definition) is 5. The van der Waals surface area contributed by atoms with E-state index in [0.29, 0.717) is 25.7 Å². The number of rotatable bonds is 6. The van der Waals surface area contributed by atoms with Crippen LogP contribution in [0.15, 0.2) is 27.8 Å². The average molecular weight is 392 g/mol. The Kier molecular flexibility index (Phi) is 6.54. The smallest absolute Gasteiger partial charge is 0.194 e. The zero-order valence-corrected chi connectivity index (χ0v) is 16.9. The fraction of sp³-hybridized carbons (Fsp3) is 0.762. The van der Waals surface area contributed by atoms with Crippen LogP contribution in [0.1, 0.15) is 38.4 Å². The van der Waals surface area contributed by atoms with E-state index in [1.54, 1.807) is 6.26 Å². The van der Waals surface area contributed by atoms with Crippen LogP contribution in [-0.4, -0.2) is 68.8 Å². The van der Waals surface area contributed by atoms with Gasteiger partial charge in [0.05, 0.1) is 32.1 Å². The molecule has 0 bridgehead atoms. The average Bonchev–Trinajstić information content (AvgIpc) is 3.48. The summed E-state index contributed by atoms with van der Waals surface area (Å²) in [6, 6.07) is 3.94. The molecule has 4 rings (SSSR count). The monoisotopic (exact) mass is 391 g/mol. The van der Waals surface area contributed by atoms with Gasteiger partial charge in [-0.1, -0.05) is 0 Å². The Morgan fingerprint density at radius 1 is 1.25 bits per heavy atom. The summed E-state index contributed by atoms with van der Waals surface area (Å²) in [4.78, 5) is 7.29. The molecule has 4 heterocycles. The van der Waals surface area contributed by atoms with Gasteiger partial charge in [0.15, 0.2) is 11.7 Å². The minimum atomic E-state index is -0.466. The van der Waals surface area contributed by atoms with E-state index in [1.807, 2.05) is 12.1 Å². The van der Waals surface area contributed by atoms with E-state index in [4.69, 9.17) is 23.6 Å². The largest absolute Gasteiger partial charge is 0.469 e. The van der Waals surface area contributed by atoms with Gasteiger partial charge in [-0.3, -0.25) is 4.99 Å². The summed E-state index contributed by atoms with van der Waals surface area (Å²) in [6.07, 6.45) is 7.30. The van der Waals surface area contributed by atoms with Gasteiger partial charge in [-0.15, -0.1) is 0 Å². The standard InChI is InChI=1S/C21H33N3O4/c1-21(27-13-14-28-21)17-5-2-10-24(16-17)20(23-15-19-7-4-12-26-19)22-9-8-18-6-3-11-25-18/h3,6,11,17,19H,2,4-5,7-10,12-16H2,1H3,(H,22,23). The van der Waals surface area contributed by atoms with E-state index in [2.05, 4.69) is 17.1 Å². The molecule has 0 aromatic carbocycles. The van der Waals surface area contributed by atoms with Gasteiger partial charge in [0, 0.05) is 38.6 Å². The molecule has 28 heavy (non-hydrogen) atoms. The van der Waals surface area contributed by atoms with Crippen molar-refractivity contribution in [1.82, 2.24) is 10.2 Å². The Balaban J connectivity index is 1.39. The fourth-order valence-corrected chi connectivity index (χ4v) is 4.36. The van der Waals surface area contributed by atoms with Crippen molar-refractivity contribution in [3.05, 3.63) is 24.2 Å². The lowest BCUT2D eigenvalue weighted by Gasteiger charge is -2.41. The first-order chi connectivity index (χ1) is 13.7. The first kappa shape index (κ1) is 19.7. The van der Waals surface area contributed by atoms with Crippen molar-refractivity contribution in [2.75, 3.05) is 46.0 Å². The molecule has 0 amide bonds. The van der Waals surface area contributed by atoms with Crippen LogP contribution in [0.25, 0.3) is 0 Å². The quantitative estimate of drug-likeness (QED) is 0.593. The predicted octanol–water partition coefficient (Wildman–Crippen LogP) is 2.42. The van der Waals surface area contributed by atoms with Crippen LogP contribution in [0.3, 0.4) is 0 Å². The lowest BCUT2D eigenvalue weighted by atomic mass is 9.90. The third kappa shape index (κ3) is 4.88. The van der Waals surface area contributed by atoms with Crippen LogP contribution in [0, 0.1) is 5.92 Å². The molecule has 3 fully saturated rings. The number of nitrogens with zero attached hydrogens (tertiary/aromatic N) is 2. The minimum absolute atomic E-state index is 0.251. The van der Waals surface area contributed by atoms with E-state index < -0.39 is 5.79 Å². The summed E-state index contributed by atoms with van der Waals surface area (Å²) in [5, 5.41) is 3.55. The van der Waals surface area contributed by atoms with Gasteiger partial charge >= 0.3 is 0 Å². The normalized spacial score (nSPS) is 28.0. The van der Waals surface area contributed by atoms with Gasteiger partial charge in [0.1, 0.15) is 5.76 Å². The van der Waals surface area contributed by atoms with E-state index in [0.717, 1.165) is 70.1 Å². The Hall–Kier alpha value is -1.57. The first-order valence-electron chi connectivity index (χ1n) is 10.7. The molecule has 156 valence electrons. The molecule has 1 aromatic rings. The minimum Gasteiger partial charge on any atom is -0.469 e. The molecule has 1 aromatic heterocycles. The first-order valence-corrected chi connectivity index (χ1v) is 10.7. The molecule has 0 saturated carbocycles. The maximum Gasteiger partial charge on any atom is 0.194 e. The molecule has 2 unspecified atom stereocenters. The second-order valence-corrected chi connectivity index (χ2v) is 8.05. The van der Waals surface area contributed by atoms with Gasteiger partial charge in [-0.2, -0.15) is 0 Å². The molecule has 0 spiro atoms. The second kappa shape index (κ2) is 9.29. The lowest BCUT2D eigenvalue weighted by molar-refractivity contribution is -0.189. The Morgan fingerprint density at radius 2 is 2.14 bits per heavy atom. The van der Waals surface area contributed by atoms with E-state index >= 15 is 0 Å². The molecule has 3 aliphatic rings. The van der Waals surface area contributed by atoms with Crippen molar-refractivity contribution in [1.29, 1.82) is 0 Å². The molecule has 0 aliphatic carbocycles. The summed E-state index contributed by atoms with van der Waals surface area (Å²) in [5.41, 5.74) is 0. The highest BCUT2D eigenvalue weighted by molar-refractivity contribution is 5.80. The molecule has 3 aliphatic heterocycles. The molecular weight excluding hydrogens is 358 g/mol. The molecule has 1 N–H and O–H groups in total. The maximum absolute atomic E-state index is 5.94. The Morgan fingerprint density at radius 3 is 2.89 bits per heavy atom. The third-order valence-corrected chi connectivity index (χ3v) is 6.03. The molecule has 7 nitrogen and oxygen atoms in total.